The molecule has 0 saturated carbocycles. The van der Waals surface area contributed by atoms with Crippen molar-refractivity contribution >= 4 is 27.7 Å². The highest BCUT2D eigenvalue weighted by Crippen LogP contribution is 2.19. The zero-order chi connectivity index (χ0) is 12.8. The monoisotopic (exact) mass is 307 g/mol. The van der Waals surface area contributed by atoms with Crippen LogP contribution >= 0.6 is 15.9 Å². The van der Waals surface area contributed by atoms with Gasteiger partial charge in [-0.3, -0.25) is 4.98 Å². The van der Waals surface area contributed by atoms with Crippen molar-refractivity contribution in [3.8, 4) is 0 Å². The zero-order valence-electron chi connectivity index (χ0n) is 10.0. The van der Waals surface area contributed by atoms with Gasteiger partial charge in [0, 0.05) is 32.2 Å². The summed E-state index contributed by atoms with van der Waals surface area (Å²) in [7, 11) is 1.80. The van der Waals surface area contributed by atoms with E-state index < -0.39 is 0 Å². The lowest BCUT2D eigenvalue weighted by Gasteiger charge is -2.08. The highest BCUT2D eigenvalue weighted by atomic mass is 79.9. The third-order valence-electron chi connectivity index (χ3n) is 2.42. The number of nitrogens with zero attached hydrogens (tertiary/aromatic N) is 3. The highest BCUT2D eigenvalue weighted by Gasteiger charge is 2.03. The third-order valence-corrected chi connectivity index (χ3v) is 3.00. The van der Waals surface area contributed by atoms with Gasteiger partial charge in [0.2, 0.25) is 5.95 Å². The van der Waals surface area contributed by atoms with Gasteiger partial charge < -0.3 is 10.6 Å². The number of aromatic nitrogens is 3. The van der Waals surface area contributed by atoms with Crippen LogP contribution in [0.5, 0.6) is 0 Å². The van der Waals surface area contributed by atoms with Gasteiger partial charge in [0.1, 0.15) is 5.82 Å². The largest absolute Gasteiger partial charge is 0.369 e. The van der Waals surface area contributed by atoms with Gasteiger partial charge in [-0.2, -0.15) is 4.98 Å². The Morgan fingerprint density at radius 3 is 2.78 bits per heavy atom. The highest BCUT2D eigenvalue weighted by molar-refractivity contribution is 9.10. The van der Waals surface area contributed by atoms with Crippen molar-refractivity contribution < 1.29 is 0 Å². The molecule has 2 aromatic heterocycles. The summed E-state index contributed by atoms with van der Waals surface area (Å²) in [4.78, 5) is 12.4. The molecule has 0 aliphatic rings. The van der Waals surface area contributed by atoms with Gasteiger partial charge in [-0.15, -0.1) is 0 Å². The maximum absolute atomic E-state index is 4.33. The van der Waals surface area contributed by atoms with E-state index in [0.717, 1.165) is 23.3 Å². The molecular formula is C12H14BrN5. The summed E-state index contributed by atoms with van der Waals surface area (Å²) < 4.78 is 0.858. The molecule has 0 aromatic carbocycles. The number of hydrogen-bond acceptors (Lipinski definition) is 5. The predicted octanol–water partition coefficient (Wildman–Crippen LogP) is 2.33. The molecule has 0 spiro atoms. The van der Waals surface area contributed by atoms with Crippen LogP contribution in [0.1, 0.15) is 5.56 Å². The van der Waals surface area contributed by atoms with Gasteiger partial charge in [0.25, 0.3) is 0 Å². The van der Waals surface area contributed by atoms with Gasteiger partial charge in [0.15, 0.2) is 0 Å². The average Bonchev–Trinajstić information content (AvgIpc) is 2.42. The van der Waals surface area contributed by atoms with E-state index in [1.54, 1.807) is 25.6 Å². The van der Waals surface area contributed by atoms with Crippen LogP contribution in [0.2, 0.25) is 0 Å². The second-order valence-electron chi connectivity index (χ2n) is 3.67. The molecule has 5 nitrogen and oxygen atoms in total. The molecule has 18 heavy (non-hydrogen) atoms. The number of hydrogen-bond donors (Lipinski definition) is 2. The fourth-order valence-electron chi connectivity index (χ4n) is 1.49. The first-order valence-corrected chi connectivity index (χ1v) is 6.42. The van der Waals surface area contributed by atoms with Crippen LogP contribution in [0.4, 0.5) is 11.8 Å². The molecule has 0 atom stereocenters. The smallest absolute Gasteiger partial charge is 0.224 e. The quantitative estimate of drug-likeness (QED) is 0.887. The average molecular weight is 308 g/mol. The Bertz CT molecular complexity index is 503. The first-order valence-electron chi connectivity index (χ1n) is 5.62. The maximum atomic E-state index is 4.33. The molecule has 0 aliphatic carbocycles. The van der Waals surface area contributed by atoms with Crippen molar-refractivity contribution in [3.63, 3.8) is 0 Å². The summed E-state index contributed by atoms with van der Waals surface area (Å²) in [6.45, 7) is 0.808. The van der Waals surface area contributed by atoms with E-state index in [1.807, 2.05) is 12.1 Å². The molecule has 2 aromatic rings. The number of nitrogens with one attached hydrogen (secondary N) is 2. The standard InChI is InChI=1S/C12H14BrN5/c1-14-12-17-8-10(13)11(18-12)16-7-4-9-2-5-15-6-3-9/h2-3,5-6,8H,4,7H2,1H3,(H2,14,16,17,18). The topological polar surface area (TPSA) is 62.7 Å². The molecule has 0 fully saturated rings. The summed E-state index contributed by atoms with van der Waals surface area (Å²) in [5.74, 6) is 1.40. The zero-order valence-corrected chi connectivity index (χ0v) is 11.6. The minimum absolute atomic E-state index is 0.601. The summed E-state index contributed by atoms with van der Waals surface area (Å²) in [5, 5.41) is 6.19. The summed E-state index contributed by atoms with van der Waals surface area (Å²) in [5.41, 5.74) is 1.25. The predicted molar refractivity (Wildman–Crippen MR) is 75.7 cm³/mol. The van der Waals surface area contributed by atoms with Crippen molar-refractivity contribution in [1.29, 1.82) is 0 Å². The number of pyridine rings is 1. The second kappa shape index (κ2) is 6.30. The van der Waals surface area contributed by atoms with E-state index >= 15 is 0 Å². The molecule has 0 unspecified atom stereocenters. The van der Waals surface area contributed by atoms with Crippen LogP contribution in [-0.2, 0) is 6.42 Å². The third kappa shape index (κ3) is 3.40. The Morgan fingerprint density at radius 2 is 2.06 bits per heavy atom. The van der Waals surface area contributed by atoms with Crippen LogP contribution in [0.3, 0.4) is 0 Å². The summed E-state index contributed by atoms with van der Waals surface area (Å²) in [6.07, 6.45) is 6.26. The van der Waals surface area contributed by atoms with E-state index in [9.17, 15) is 0 Å². The van der Waals surface area contributed by atoms with Gasteiger partial charge in [-0.05, 0) is 40.0 Å². The fourth-order valence-corrected chi connectivity index (χ4v) is 1.82. The van der Waals surface area contributed by atoms with E-state index in [2.05, 4.69) is 41.5 Å². The van der Waals surface area contributed by atoms with E-state index in [0.29, 0.717) is 5.95 Å². The van der Waals surface area contributed by atoms with Gasteiger partial charge >= 0.3 is 0 Å². The minimum Gasteiger partial charge on any atom is -0.369 e. The lowest BCUT2D eigenvalue weighted by Crippen LogP contribution is -2.08. The molecule has 2 N–H and O–H groups in total. The molecular weight excluding hydrogens is 294 g/mol. The number of anilines is 2. The second-order valence-corrected chi connectivity index (χ2v) is 4.53. The van der Waals surface area contributed by atoms with Crippen LogP contribution in [0.15, 0.2) is 35.2 Å². The number of rotatable bonds is 5. The summed E-state index contributed by atoms with van der Waals surface area (Å²) in [6, 6.07) is 4.02. The molecule has 2 heterocycles. The van der Waals surface area contributed by atoms with Gasteiger partial charge in [-0.25, -0.2) is 4.98 Å². The number of halogens is 1. The molecule has 6 heteroatoms. The lowest BCUT2D eigenvalue weighted by atomic mass is 10.2. The first kappa shape index (κ1) is 12.8. The molecule has 0 bridgehead atoms. The molecule has 0 amide bonds. The normalized spacial score (nSPS) is 10.1. The van der Waals surface area contributed by atoms with Crippen molar-refractivity contribution in [1.82, 2.24) is 15.0 Å². The Hall–Kier alpha value is -1.69. The van der Waals surface area contributed by atoms with Crippen molar-refractivity contribution in [3.05, 3.63) is 40.8 Å². The van der Waals surface area contributed by atoms with Gasteiger partial charge in [-0.1, -0.05) is 0 Å². The Morgan fingerprint density at radius 1 is 1.28 bits per heavy atom. The first-order chi connectivity index (χ1) is 8.79. The van der Waals surface area contributed by atoms with E-state index in [1.165, 1.54) is 5.56 Å². The van der Waals surface area contributed by atoms with Crippen LogP contribution < -0.4 is 10.6 Å². The van der Waals surface area contributed by atoms with Crippen LogP contribution in [0.25, 0.3) is 0 Å². The minimum atomic E-state index is 0.601. The van der Waals surface area contributed by atoms with Crippen molar-refractivity contribution in [2.75, 3.05) is 24.2 Å². The Labute approximate surface area is 114 Å². The molecule has 0 saturated heterocycles. The summed E-state index contributed by atoms with van der Waals surface area (Å²) >= 11 is 3.42. The maximum Gasteiger partial charge on any atom is 0.224 e. The van der Waals surface area contributed by atoms with E-state index in [4.69, 9.17) is 0 Å². The van der Waals surface area contributed by atoms with Crippen LogP contribution in [0, 0.1) is 0 Å². The Kier molecular flexibility index (Phi) is 4.46. The fraction of sp³-hybridized carbons (Fsp3) is 0.250. The molecule has 2 rings (SSSR count). The SMILES string of the molecule is CNc1ncc(Br)c(NCCc2ccncc2)n1. The van der Waals surface area contributed by atoms with Crippen LogP contribution in [-0.4, -0.2) is 28.5 Å². The van der Waals surface area contributed by atoms with Crippen molar-refractivity contribution in [2.45, 2.75) is 6.42 Å². The lowest BCUT2D eigenvalue weighted by molar-refractivity contribution is 0.991. The van der Waals surface area contributed by atoms with Crippen molar-refractivity contribution in [2.24, 2.45) is 0 Å². The molecule has 94 valence electrons. The molecule has 0 radical (unpaired) electrons. The van der Waals surface area contributed by atoms with Gasteiger partial charge in [0.05, 0.1) is 4.47 Å². The molecule has 0 aliphatic heterocycles. The van der Waals surface area contributed by atoms with E-state index in [-0.39, 0.29) is 0 Å². The Balaban J connectivity index is 1.94.